The maximum Gasteiger partial charge on any atom is 0.331 e. The van der Waals surface area contributed by atoms with Crippen LogP contribution in [0.2, 0.25) is 0 Å². The number of carboxylic acids is 1. The van der Waals surface area contributed by atoms with Crippen molar-refractivity contribution in [3.8, 4) is 0 Å². The molecule has 0 saturated heterocycles. The molecule has 0 aromatic carbocycles. The zero-order chi connectivity index (χ0) is 12.1. The highest BCUT2D eigenvalue weighted by Crippen LogP contribution is 2.11. The van der Waals surface area contributed by atoms with Gasteiger partial charge < -0.3 is 25.2 Å². The third-order valence-corrected chi connectivity index (χ3v) is 1.42. The number of aliphatic carboxylic acids is 1. The molecule has 0 bridgehead atoms. The molecule has 0 spiro atoms. The molecule has 0 aliphatic carbocycles. The van der Waals surface area contributed by atoms with Gasteiger partial charge in [0.1, 0.15) is 0 Å². The van der Waals surface area contributed by atoms with Gasteiger partial charge in [0.25, 0.3) is 0 Å². The fraction of sp³-hybridized carbons (Fsp3) is 0.500. The number of ether oxygens (including phenoxy) is 1. The monoisotopic (exact) mass is 220 g/mol. The summed E-state index contributed by atoms with van der Waals surface area (Å²) in [6, 6.07) is 0. The molecule has 0 heterocycles. The third kappa shape index (κ3) is 5.78. The van der Waals surface area contributed by atoms with E-state index in [1.54, 1.807) is 0 Å². The van der Waals surface area contributed by atoms with E-state index in [2.05, 4.69) is 4.74 Å². The van der Waals surface area contributed by atoms with Crippen molar-refractivity contribution in [3.63, 3.8) is 0 Å². The van der Waals surface area contributed by atoms with Crippen LogP contribution < -0.4 is 0 Å². The fourth-order valence-electron chi connectivity index (χ4n) is 0.755. The maximum absolute atomic E-state index is 10.9. The summed E-state index contributed by atoms with van der Waals surface area (Å²) in [5, 5.41) is 34.3. The molecule has 0 radical (unpaired) electrons. The van der Waals surface area contributed by atoms with Crippen LogP contribution in [0.15, 0.2) is 12.2 Å². The van der Waals surface area contributed by atoms with Crippen LogP contribution in [-0.2, 0) is 14.3 Å². The number of carbonyl (C=O) groups excluding carboxylic acids is 1. The molecule has 0 rings (SSSR count). The van der Waals surface area contributed by atoms with Crippen LogP contribution in [0.3, 0.4) is 0 Å². The van der Waals surface area contributed by atoms with Crippen LogP contribution in [0.5, 0.6) is 0 Å². The van der Waals surface area contributed by atoms with Gasteiger partial charge in [-0.25, -0.2) is 9.59 Å². The van der Waals surface area contributed by atoms with Crippen molar-refractivity contribution < 1.29 is 34.8 Å². The van der Waals surface area contributed by atoms with E-state index in [0.717, 1.165) is 0 Å². The first-order valence-corrected chi connectivity index (χ1v) is 4.06. The average molecular weight is 220 g/mol. The number of hydrogen-bond acceptors (Lipinski definition) is 6. The van der Waals surface area contributed by atoms with Gasteiger partial charge in [0.15, 0.2) is 6.10 Å². The minimum atomic E-state index is -3.14. The van der Waals surface area contributed by atoms with Crippen LogP contribution in [0.4, 0.5) is 0 Å². The molecule has 15 heavy (non-hydrogen) atoms. The van der Waals surface area contributed by atoms with E-state index in [1.165, 1.54) is 6.92 Å². The normalized spacial score (nSPS) is 13.9. The van der Waals surface area contributed by atoms with Gasteiger partial charge >= 0.3 is 17.9 Å². The summed E-state index contributed by atoms with van der Waals surface area (Å²) in [5.41, 5.74) is 0. The van der Waals surface area contributed by atoms with Gasteiger partial charge in [0.2, 0.25) is 0 Å². The van der Waals surface area contributed by atoms with E-state index >= 15 is 0 Å². The second-order valence-corrected chi connectivity index (χ2v) is 2.69. The minimum Gasteiger partial charge on any atom is -0.478 e. The molecule has 1 unspecified atom stereocenters. The van der Waals surface area contributed by atoms with Gasteiger partial charge in [-0.3, -0.25) is 0 Å². The van der Waals surface area contributed by atoms with E-state index in [1.807, 2.05) is 0 Å². The average Bonchev–Trinajstić information content (AvgIpc) is 2.08. The van der Waals surface area contributed by atoms with E-state index in [9.17, 15) is 9.59 Å². The summed E-state index contributed by atoms with van der Waals surface area (Å²) in [5.74, 6) is -5.57. The Labute approximate surface area is 85.2 Å². The van der Waals surface area contributed by atoms with Crippen molar-refractivity contribution in [2.45, 2.75) is 25.4 Å². The Bertz CT molecular complexity index is 263. The van der Waals surface area contributed by atoms with Crippen molar-refractivity contribution >= 4 is 11.9 Å². The molecule has 0 saturated carbocycles. The number of carboxylic acid groups (broad SMARTS) is 1. The number of esters is 1. The van der Waals surface area contributed by atoms with Gasteiger partial charge in [-0.1, -0.05) is 6.92 Å². The smallest absolute Gasteiger partial charge is 0.331 e. The van der Waals surface area contributed by atoms with E-state index in [4.69, 9.17) is 20.4 Å². The highest BCUT2D eigenvalue weighted by Gasteiger charge is 2.33. The van der Waals surface area contributed by atoms with E-state index in [-0.39, 0.29) is 6.42 Å². The number of aliphatic hydroxyl groups is 3. The lowest BCUT2D eigenvalue weighted by Crippen LogP contribution is -2.44. The van der Waals surface area contributed by atoms with Crippen LogP contribution in [0.1, 0.15) is 13.3 Å². The Hall–Kier alpha value is -1.44. The van der Waals surface area contributed by atoms with Crippen molar-refractivity contribution in [2.75, 3.05) is 0 Å². The Morgan fingerprint density at radius 3 is 2.20 bits per heavy atom. The highest BCUT2D eigenvalue weighted by atomic mass is 16.7. The van der Waals surface area contributed by atoms with Crippen molar-refractivity contribution in [1.29, 1.82) is 0 Å². The lowest BCUT2D eigenvalue weighted by molar-refractivity contribution is -0.355. The summed E-state index contributed by atoms with van der Waals surface area (Å²) in [6.07, 6.45) is -0.459. The quantitative estimate of drug-likeness (QED) is 0.254. The summed E-state index contributed by atoms with van der Waals surface area (Å²) >= 11 is 0. The molecule has 0 aromatic heterocycles. The largest absolute Gasteiger partial charge is 0.478 e. The van der Waals surface area contributed by atoms with Gasteiger partial charge in [-0.05, 0) is 6.42 Å². The predicted octanol–water partition coefficient (Wildman–Crippen LogP) is -1.42. The Morgan fingerprint density at radius 1 is 1.33 bits per heavy atom. The Kier molecular flexibility index (Phi) is 4.92. The van der Waals surface area contributed by atoms with Gasteiger partial charge in [-0.2, -0.15) is 0 Å². The number of carbonyl (C=O) groups is 2. The van der Waals surface area contributed by atoms with Crippen LogP contribution >= 0.6 is 0 Å². The zero-order valence-electron chi connectivity index (χ0n) is 7.95. The summed E-state index contributed by atoms with van der Waals surface area (Å²) in [4.78, 5) is 20.9. The molecule has 0 aliphatic rings. The predicted molar refractivity (Wildman–Crippen MR) is 46.3 cm³/mol. The Morgan fingerprint density at radius 2 is 1.87 bits per heavy atom. The molecule has 0 aliphatic heterocycles. The SMILES string of the molecule is CCC(OC(=O)/C=C\C(=O)O)C(O)(O)O. The second kappa shape index (κ2) is 5.44. The standard InChI is InChI=1S/C8H12O7/c1-2-5(8(12,13)14)15-7(11)4-3-6(9)10/h3-5,12-14H,2H2,1H3,(H,9,10)/b4-3-. The van der Waals surface area contributed by atoms with Gasteiger partial charge in [0, 0.05) is 12.2 Å². The molecule has 7 heteroatoms. The zero-order valence-corrected chi connectivity index (χ0v) is 7.95. The summed E-state index contributed by atoms with van der Waals surface area (Å²) in [6.45, 7) is 1.44. The van der Waals surface area contributed by atoms with Crippen molar-refractivity contribution in [2.24, 2.45) is 0 Å². The topological polar surface area (TPSA) is 124 Å². The molecule has 7 nitrogen and oxygen atoms in total. The third-order valence-electron chi connectivity index (χ3n) is 1.42. The molecular weight excluding hydrogens is 208 g/mol. The second-order valence-electron chi connectivity index (χ2n) is 2.69. The maximum atomic E-state index is 10.9. The highest BCUT2D eigenvalue weighted by molar-refractivity contribution is 5.90. The number of hydrogen-bond donors (Lipinski definition) is 4. The lowest BCUT2D eigenvalue weighted by atomic mass is 10.2. The summed E-state index contributed by atoms with van der Waals surface area (Å²) in [7, 11) is 0. The molecule has 86 valence electrons. The first-order chi connectivity index (χ1) is 6.77. The van der Waals surface area contributed by atoms with Crippen molar-refractivity contribution in [3.05, 3.63) is 12.2 Å². The first-order valence-electron chi connectivity index (χ1n) is 4.06. The molecule has 0 aromatic rings. The van der Waals surface area contributed by atoms with Crippen molar-refractivity contribution in [1.82, 2.24) is 0 Å². The van der Waals surface area contributed by atoms with E-state index in [0.29, 0.717) is 12.2 Å². The molecular formula is C8H12O7. The van der Waals surface area contributed by atoms with Gasteiger partial charge in [-0.15, -0.1) is 0 Å². The first kappa shape index (κ1) is 13.6. The van der Waals surface area contributed by atoms with Gasteiger partial charge in [0.05, 0.1) is 0 Å². The van der Waals surface area contributed by atoms with Crippen LogP contribution in [-0.4, -0.2) is 44.4 Å². The minimum absolute atomic E-state index is 0.0455. The number of rotatable bonds is 5. The molecule has 0 amide bonds. The summed E-state index contributed by atoms with van der Waals surface area (Å²) < 4.78 is 4.38. The molecule has 1 atom stereocenters. The molecule has 4 N–H and O–H groups in total. The molecule has 0 fully saturated rings. The fourth-order valence-corrected chi connectivity index (χ4v) is 0.755. The Balaban J connectivity index is 4.32. The lowest BCUT2D eigenvalue weighted by Gasteiger charge is -2.23. The van der Waals surface area contributed by atoms with E-state index < -0.39 is 24.0 Å². The van der Waals surface area contributed by atoms with Crippen LogP contribution in [0.25, 0.3) is 0 Å². The van der Waals surface area contributed by atoms with Crippen LogP contribution in [0, 0.1) is 0 Å².